The molecule has 1 aromatic rings. The Morgan fingerprint density at radius 3 is 2.40 bits per heavy atom. The summed E-state index contributed by atoms with van der Waals surface area (Å²) in [5.41, 5.74) is 7.35. The molecule has 1 aromatic carbocycles. The summed E-state index contributed by atoms with van der Waals surface area (Å²) in [7, 11) is 1.54. The van der Waals surface area contributed by atoms with Gasteiger partial charge in [0.2, 0.25) is 0 Å². The van der Waals surface area contributed by atoms with Crippen molar-refractivity contribution in [1.82, 2.24) is 5.32 Å². The second kappa shape index (κ2) is 4.69. The molecule has 4 nitrogen and oxygen atoms in total. The van der Waals surface area contributed by atoms with Crippen LogP contribution in [0.2, 0.25) is 0 Å². The lowest BCUT2D eigenvalue weighted by molar-refractivity contribution is 0.0947. The Morgan fingerprint density at radius 2 is 1.90 bits per heavy atom. The van der Waals surface area contributed by atoms with Gasteiger partial charge in [-0.25, -0.2) is 0 Å². The molecule has 3 N–H and O–H groups in total. The monoisotopic (exact) mass is 276 g/mol. The van der Waals surface area contributed by atoms with Crippen molar-refractivity contribution in [2.24, 2.45) is 16.7 Å². The van der Waals surface area contributed by atoms with Gasteiger partial charge in [-0.2, -0.15) is 0 Å². The number of hydrogen-bond acceptors (Lipinski definition) is 3. The second-order valence-corrected chi connectivity index (χ2v) is 6.67. The van der Waals surface area contributed by atoms with Crippen molar-refractivity contribution >= 4 is 11.6 Å². The molecule has 1 saturated carbocycles. The van der Waals surface area contributed by atoms with Crippen molar-refractivity contribution < 1.29 is 9.53 Å². The number of anilines is 1. The summed E-state index contributed by atoms with van der Waals surface area (Å²) in [6.07, 6.45) is 0. The maximum atomic E-state index is 12.3. The first-order valence-corrected chi connectivity index (χ1v) is 6.93. The number of carbonyl (C=O) groups excluding carboxylic acids is 1. The smallest absolute Gasteiger partial charge is 0.255 e. The summed E-state index contributed by atoms with van der Waals surface area (Å²) in [5, 5.41) is 3.01. The lowest BCUT2D eigenvalue weighted by Crippen LogP contribution is -2.27. The third-order valence-corrected chi connectivity index (χ3v) is 5.26. The van der Waals surface area contributed by atoms with Crippen LogP contribution in [0, 0.1) is 16.7 Å². The molecule has 0 bridgehead atoms. The van der Waals surface area contributed by atoms with Crippen molar-refractivity contribution in [3.8, 4) is 5.75 Å². The van der Waals surface area contributed by atoms with Crippen LogP contribution in [-0.2, 0) is 0 Å². The molecule has 0 saturated heterocycles. The zero-order valence-electron chi connectivity index (χ0n) is 12.9. The molecule has 1 fully saturated rings. The number of methoxy groups -OCH3 is 1. The largest absolute Gasteiger partial charge is 0.496 e. The summed E-state index contributed by atoms with van der Waals surface area (Å²) in [6, 6.07) is 5.08. The molecule has 0 unspecified atom stereocenters. The van der Waals surface area contributed by atoms with Gasteiger partial charge >= 0.3 is 0 Å². The lowest BCUT2D eigenvalue weighted by Gasteiger charge is -2.10. The van der Waals surface area contributed by atoms with Crippen LogP contribution < -0.4 is 15.8 Å². The number of nitrogens with two attached hydrogens (primary N) is 1. The van der Waals surface area contributed by atoms with Crippen LogP contribution in [-0.4, -0.2) is 19.6 Å². The molecule has 1 amide bonds. The van der Waals surface area contributed by atoms with Crippen molar-refractivity contribution in [3.63, 3.8) is 0 Å². The Kier molecular flexibility index (Phi) is 3.44. The molecule has 4 heteroatoms. The van der Waals surface area contributed by atoms with Gasteiger partial charge < -0.3 is 15.8 Å². The van der Waals surface area contributed by atoms with E-state index >= 15 is 0 Å². The third kappa shape index (κ3) is 2.23. The number of nitrogens with one attached hydrogen (secondary N) is 1. The van der Waals surface area contributed by atoms with E-state index in [9.17, 15) is 4.79 Å². The van der Waals surface area contributed by atoms with Crippen LogP contribution in [0.15, 0.2) is 18.2 Å². The Bertz CT molecular complexity index is 521. The van der Waals surface area contributed by atoms with E-state index in [0.717, 1.165) is 0 Å². The molecule has 0 heterocycles. The van der Waals surface area contributed by atoms with E-state index < -0.39 is 0 Å². The van der Waals surface area contributed by atoms with E-state index in [2.05, 4.69) is 33.0 Å². The SMILES string of the molecule is COc1cc(N)ccc1C(=O)NCC1C(C)(C)C1(C)C. The minimum absolute atomic E-state index is 0.111. The van der Waals surface area contributed by atoms with Gasteiger partial charge in [0.15, 0.2) is 0 Å². The molecular formula is C16H24N2O2. The average Bonchev–Trinajstić information content (AvgIpc) is 2.76. The highest BCUT2D eigenvalue weighted by atomic mass is 16.5. The predicted molar refractivity (Wildman–Crippen MR) is 80.8 cm³/mol. The average molecular weight is 276 g/mol. The highest BCUT2D eigenvalue weighted by Gasteiger charge is 2.64. The zero-order valence-corrected chi connectivity index (χ0v) is 12.9. The van der Waals surface area contributed by atoms with Crippen LogP contribution in [0.5, 0.6) is 5.75 Å². The topological polar surface area (TPSA) is 64.3 Å². The van der Waals surface area contributed by atoms with Crippen LogP contribution in [0.25, 0.3) is 0 Å². The Morgan fingerprint density at radius 1 is 1.30 bits per heavy atom. The van der Waals surface area contributed by atoms with E-state index in [1.807, 2.05) is 0 Å². The van der Waals surface area contributed by atoms with Crippen molar-refractivity contribution in [2.45, 2.75) is 27.7 Å². The summed E-state index contributed by atoms with van der Waals surface area (Å²) in [6.45, 7) is 9.66. The number of benzene rings is 1. The second-order valence-electron chi connectivity index (χ2n) is 6.67. The fourth-order valence-electron chi connectivity index (χ4n) is 3.03. The van der Waals surface area contributed by atoms with Gasteiger partial charge in [0, 0.05) is 18.3 Å². The first-order chi connectivity index (χ1) is 9.21. The fraction of sp³-hybridized carbons (Fsp3) is 0.562. The maximum Gasteiger partial charge on any atom is 0.255 e. The van der Waals surface area contributed by atoms with E-state index in [-0.39, 0.29) is 16.7 Å². The molecular weight excluding hydrogens is 252 g/mol. The summed E-state index contributed by atoms with van der Waals surface area (Å²) < 4.78 is 5.21. The molecule has 0 aliphatic heterocycles. The zero-order chi connectivity index (χ0) is 15.1. The first kappa shape index (κ1) is 14.7. The van der Waals surface area contributed by atoms with Crippen molar-refractivity contribution in [3.05, 3.63) is 23.8 Å². The van der Waals surface area contributed by atoms with E-state index in [0.29, 0.717) is 29.5 Å². The number of carbonyl (C=O) groups is 1. The number of hydrogen-bond donors (Lipinski definition) is 2. The highest BCUT2D eigenvalue weighted by molar-refractivity contribution is 5.97. The fourth-order valence-corrected chi connectivity index (χ4v) is 3.03. The van der Waals surface area contributed by atoms with E-state index in [1.54, 1.807) is 25.3 Å². The van der Waals surface area contributed by atoms with Gasteiger partial charge in [-0.15, -0.1) is 0 Å². The Hall–Kier alpha value is -1.71. The van der Waals surface area contributed by atoms with Crippen molar-refractivity contribution in [1.29, 1.82) is 0 Å². The number of amides is 1. The van der Waals surface area contributed by atoms with Crippen LogP contribution in [0.1, 0.15) is 38.1 Å². The van der Waals surface area contributed by atoms with Crippen LogP contribution in [0.4, 0.5) is 5.69 Å². The van der Waals surface area contributed by atoms with Gasteiger partial charge in [-0.05, 0) is 28.9 Å². The van der Waals surface area contributed by atoms with Crippen molar-refractivity contribution in [2.75, 3.05) is 19.4 Å². The molecule has 0 radical (unpaired) electrons. The molecule has 0 atom stereocenters. The van der Waals surface area contributed by atoms with Crippen LogP contribution >= 0.6 is 0 Å². The number of rotatable bonds is 4. The number of ether oxygens (including phenoxy) is 1. The Labute approximate surface area is 120 Å². The minimum atomic E-state index is -0.111. The molecule has 20 heavy (non-hydrogen) atoms. The van der Waals surface area contributed by atoms with Crippen LogP contribution in [0.3, 0.4) is 0 Å². The summed E-state index contributed by atoms with van der Waals surface area (Å²) in [4.78, 5) is 12.3. The van der Waals surface area contributed by atoms with Gasteiger partial charge in [-0.3, -0.25) is 4.79 Å². The molecule has 0 aromatic heterocycles. The minimum Gasteiger partial charge on any atom is -0.496 e. The molecule has 1 aliphatic carbocycles. The predicted octanol–water partition coefficient (Wildman–Crippen LogP) is 2.69. The molecule has 0 spiro atoms. The first-order valence-electron chi connectivity index (χ1n) is 6.93. The Balaban J connectivity index is 2.04. The van der Waals surface area contributed by atoms with E-state index in [4.69, 9.17) is 10.5 Å². The lowest BCUT2D eigenvalue weighted by atomic mass is 10.0. The quantitative estimate of drug-likeness (QED) is 0.831. The molecule has 1 aliphatic rings. The normalized spacial score (nSPS) is 19.4. The summed E-state index contributed by atoms with van der Waals surface area (Å²) >= 11 is 0. The highest BCUT2D eigenvalue weighted by Crippen LogP contribution is 2.67. The molecule has 2 rings (SSSR count). The van der Waals surface area contributed by atoms with Gasteiger partial charge in [0.25, 0.3) is 5.91 Å². The third-order valence-electron chi connectivity index (χ3n) is 5.26. The van der Waals surface area contributed by atoms with Gasteiger partial charge in [0.1, 0.15) is 5.75 Å². The molecule has 110 valence electrons. The van der Waals surface area contributed by atoms with Gasteiger partial charge in [-0.1, -0.05) is 27.7 Å². The van der Waals surface area contributed by atoms with E-state index in [1.165, 1.54) is 0 Å². The summed E-state index contributed by atoms with van der Waals surface area (Å²) in [5.74, 6) is 0.899. The number of nitrogen functional groups attached to an aromatic ring is 1. The van der Waals surface area contributed by atoms with Gasteiger partial charge in [0.05, 0.1) is 12.7 Å². The standard InChI is InChI=1S/C16H24N2O2/c1-15(2)13(16(15,3)4)9-18-14(19)11-7-6-10(17)8-12(11)20-5/h6-8,13H,9,17H2,1-5H3,(H,18,19). The maximum absolute atomic E-state index is 12.3.